The number of rotatable bonds is 9. The van der Waals surface area contributed by atoms with E-state index >= 15 is 0 Å². The average molecular weight is 573 g/mol. The number of nitrogens with zero attached hydrogens (tertiary/aromatic N) is 2. The highest BCUT2D eigenvalue weighted by molar-refractivity contribution is 7.85. The van der Waals surface area contributed by atoms with Crippen LogP contribution < -0.4 is 0 Å². The molecule has 222 valence electrons. The Labute approximate surface area is 240 Å². The van der Waals surface area contributed by atoms with Gasteiger partial charge in [-0.3, -0.25) is 19.1 Å². The summed E-state index contributed by atoms with van der Waals surface area (Å²) in [5.41, 5.74) is 1.47. The zero-order valence-corrected chi connectivity index (χ0v) is 25.4. The second-order valence-corrected chi connectivity index (χ2v) is 15.7. The molecule has 4 saturated carbocycles. The van der Waals surface area contributed by atoms with Crippen LogP contribution in [0.4, 0.5) is 0 Å². The number of carbonyl (C=O) groups excluding carboxylic acids is 2. The number of hydrogen-bond acceptors (Lipinski definition) is 5. The number of fused-ring (bicyclic) bond motifs is 5. The van der Waals surface area contributed by atoms with E-state index in [1.54, 1.807) is 23.4 Å². The molecule has 0 unspecified atom stereocenters. The molecule has 0 spiro atoms. The minimum atomic E-state index is -4.16. The van der Waals surface area contributed by atoms with Gasteiger partial charge < -0.3 is 4.90 Å². The van der Waals surface area contributed by atoms with E-state index in [4.69, 9.17) is 0 Å². The quantitative estimate of drug-likeness (QED) is 0.367. The Morgan fingerprint density at radius 2 is 1.90 bits per heavy atom. The van der Waals surface area contributed by atoms with Crippen molar-refractivity contribution in [3.8, 4) is 0 Å². The molecular weight excluding hydrogens is 524 g/mol. The molecule has 0 bridgehead atoms. The van der Waals surface area contributed by atoms with E-state index in [1.807, 2.05) is 6.07 Å². The number of hydrogen-bond donors (Lipinski definition) is 1. The van der Waals surface area contributed by atoms with Crippen molar-refractivity contribution in [1.82, 2.24) is 9.88 Å². The first-order valence-corrected chi connectivity index (χ1v) is 17.1. The second-order valence-electron chi connectivity index (χ2n) is 14.1. The standard InChI is InChI=1S/C32H48N2O5S/c1-22(6-11-30(36)34(17-18-40(37,38)39)21-23-5-4-16-33-20-23)27-9-10-28-26-8-7-24-19-25(35)12-14-31(24,2)29(26)13-15-32(27,28)3/h4-5,16,20,22,24,26-29H,6-15,17-19,21H2,1-3H3,(H,37,38,39)/t22-,24-,26+,27-,28+,29+,31+,32-/m1/s1. The van der Waals surface area contributed by atoms with Crippen molar-refractivity contribution in [3.63, 3.8) is 0 Å². The first-order valence-electron chi connectivity index (χ1n) is 15.5. The molecule has 8 heteroatoms. The van der Waals surface area contributed by atoms with E-state index in [0.29, 0.717) is 40.8 Å². The van der Waals surface area contributed by atoms with Gasteiger partial charge in [-0.2, -0.15) is 8.42 Å². The monoisotopic (exact) mass is 572 g/mol. The van der Waals surface area contributed by atoms with Gasteiger partial charge in [0.1, 0.15) is 5.78 Å². The summed E-state index contributed by atoms with van der Waals surface area (Å²) >= 11 is 0. The molecule has 8 atom stereocenters. The van der Waals surface area contributed by atoms with Gasteiger partial charge >= 0.3 is 0 Å². The Morgan fingerprint density at radius 3 is 2.62 bits per heavy atom. The van der Waals surface area contributed by atoms with Crippen LogP contribution in [-0.2, 0) is 26.3 Å². The highest BCUT2D eigenvalue weighted by Gasteiger charge is 2.60. The van der Waals surface area contributed by atoms with Crippen LogP contribution in [-0.4, -0.2) is 46.8 Å². The van der Waals surface area contributed by atoms with Crippen LogP contribution in [0.15, 0.2) is 24.5 Å². The summed E-state index contributed by atoms with van der Waals surface area (Å²) in [7, 11) is -4.16. The molecule has 1 aromatic heterocycles. The molecule has 5 rings (SSSR count). The number of pyridine rings is 1. The van der Waals surface area contributed by atoms with E-state index in [2.05, 4.69) is 25.8 Å². The van der Waals surface area contributed by atoms with E-state index < -0.39 is 15.9 Å². The van der Waals surface area contributed by atoms with E-state index in [0.717, 1.165) is 49.0 Å². The lowest BCUT2D eigenvalue weighted by atomic mass is 9.44. The zero-order valence-electron chi connectivity index (χ0n) is 24.6. The fraction of sp³-hybridized carbons (Fsp3) is 0.781. The third-order valence-electron chi connectivity index (χ3n) is 12.1. The lowest BCUT2D eigenvalue weighted by Crippen LogP contribution is -2.53. The molecule has 1 N–H and O–H groups in total. The molecule has 0 radical (unpaired) electrons. The first-order chi connectivity index (χ1) is 18.9. The maximum absolute atomic E-state index is 13.3. The average Bonchev–Trinajstić information content (AvgIpc) is 3.27. The Kier molecular flexibility index (Phi) is 8.51. The summed E-state index contributed by atoms with van der Waals surface area (Å²) in [5, 5.41) is 0. The maximum Gasteiger partial charge on any atom is 0.266 e. The highest BCUT2D eigenvalue weighted by Crippen LogP contribution is 2.68. The molecule has 1 amide bonds. The van der Waals surface area contributed by atoms with Crippen molar-refractivity contribution in [2.75, 3.05) is 12.3 Å². The van der Waals surface area contributed by atoms with Crippen molar-refractivity contribution >= 4 is 21.8 Å². The number of aromatic nitrogens is 1. The van der Waals surface area contributed by atoms with Gasteiger partial charge in [-0.25, -0.2) is 0 Å². The summed E-state index contributed by atoms with van der Waals surface area (Å²) in [5.74, 6) is 3.78. The molecule has 4 aliphatic carbocycles. The topological polar surface area (TPSA) is 105 Å². The number of ketones is 1. The van der Waals surface area contributed by atoms with Crippen molar-refractivity contribution in [3.05, 3.63) is 30.1 Å². The van der Waals surface area contributed by atoms with Crippen LogP contribution in [0.3, 0.4) is 0 Å². The molecule has 0 aliphatic heterocycles. The SMILES string of the molecule is C[C@H](CCC(=O)N(CCS(=O)(=O)O)Cc1cccnc1)[C@H]1CC[C@H]2[C@@H]3CC[C@@H]4CC(=O)CC[C@]4(C)[C@H]3CC[C@]12C. The summed E-state index contributed by atoms with van der Waals surface area (Å²) in [6.45, 7) is 7.60. The minimum absolute atomic E-state index is 0.0292. The summed E-state index contributed by atoms with van der Waals surface area (Å²) in [6, 6.07) is 3.67. The van der Waals surface area contributed by atoms with E-state index in [-0.39, 0.29) is 19.0 Å². The summed E-state index contributed by atoms with van der Waals surface area (Å²) in [6.07, 6.45) is 14.7. The number of Topliss-reactive ketones (excluding diaryl/α,β-unsaturated/α-hetero) is 1. The van der Waals surface area contributed by atoms with Crippen molar-refractivity contribution < 1.29 is 22.6 Å². The van der Waals surface area contributed by atoms with Gasteiger partial charge in [-0.1, -0.05) is 26.8 Å². The van der Waals surface area contributed by atoms with Crippen LogP contribution in [0, 0.1) is 46.3 Å². The van der Waals surface area contributed by atoms with E-state index in [9.17, 15) is 22.6 Å². The Hall–Kier alpha value is -1.80. The molecule has 4 fully saturated rings. The largest absolute Gasteiger partial charge is 0.337 e. The summed E-state index contributed by atoms with van der Waals surface area (Å²) < 4.78 is 32.1. The van der Waals surface area contributed by atoms with Crippen LogP contribution in [0.5, 0.6) is 0 Å². The normalized spacial score (nSPS) is 36.3. The van der Waals surface area contributed by atoms with Gasteiger partial charge in [-0.15, -0.1) is 0 Å². The Morgan fingerprint density at radius 1 is 1.12 bits per heavy atom. The molecule has 1 heterocycles. The third kappa shape index (κ3) is 5.90. The predicted octanol–water partition coefficient (Wildman–Crippen LogP) is 5.94. The first kappa shape index (κ1) is 29.7. The second kappa shape index (κ2) is 11.5. The maximum atomic E-state index is 13.3. The van der Waals surface area contributed by atoms with Gasteiger partial charge in [0.25, 0.3) is 10.1 Å². The molecule has 4 aliphatic rings. The number of amides is 1. The van der Waals surface area contributed by atoms with Crippen LogP contribution in [0.1, 0.15) is 97.0 Å². The molecule has 0 aromatic carbocycles. The van der Waals surface area contributed by atoms with Crippen LogP contribution >= 0.6 is 0 Å². The van der Waals surface area contributed by atoms with Gasteiger partial charge in [0, 0.05) is 44.7 Å². The van der Waals surface area contributed by atoms with Gasteiger partial charge in [0.15, 0.2) is 0 Å². The molecular formula is C32H48N2O5S. The lowest BCUT2D eigenvalue weighted by Gasteiger charge is -2.60. The lowest BCUT2D eigenvalue weighted by molar-refractivity contribution is -0.140. The predicted molar refractivity (Wildman–Crippen MR) is 155 cm³/mol. The molecule has 7 nitrogen and oxygen atoms in total. The molecule has 40 heavy (non-hydrogen) atoms. The van der Waals surface area contributed by atoms with Crippen LogP contribution in [0.2, 0.25) is 0 Å². The Balaban J connectivity index is 1.22. The summed E-state index contributed by atoms with van der Waals surface area (Å²) in [4.78, 5) is 31.2. The minimum Gasteiger partial charge on any atom is -0.337 e. The van der Waals surface area contributed by atoms with Gasteiger partial charge in [0.05, 0.1) is 5.75 Å². The van der Waals surface area contributed by atoms with Crippen molar-refractivity contribution in [1.29, 1.82) is 0 Å². The fourth-order valence-corrected chi connectivity index (χ4v) is 10.4. The van der Waals surface area contributed by atoms with Gasteiger partial charge in [-0.05, 0) is 109 Å². The zero-order chi connectivity index (χ0) is 28.7. The molecule has 0 saturated heterocycles. The Bertz CT molecular complexity index is 1190. The third-order valence-corrected chi connectivity index (χ3v) is 12.8. The number of carbonyl (C=O) groups is 2. The van der Waals surface area contributed by atoms with E-state index in [1.165, 1.54) is 38.5 Å². The van der Waals surface area contributed by atoms with Crippen LogP contribution in [0.25, 0.3) is 0 Å². The fourth-order valence-electron chi connectivity index (χ4n) is 9.96. The highest BCUT2D eigenvalue weighted by atomic mass is 32.2. The smallest absolute Gasteiger partial charge is 0.266 e. The van der Waals surface area contributed by atoms with Gasteiger partial charge in [0.2, 0.25) is 5.91 Å². The van der Waals surface area contributed by atoms with Crippen molar-refractivity contribution in [2.24, 2.45) is 46.3 Å². The van der Waals surface area contributed by atoms with Crippen molar-refractivity contribution in [2.45, 2.75) is 97.9 Å². The molecule has 1 aromatic rings.